The average molecular weight is 319 g/mol. The number of carbonyl (C=O) groups excluding carboxylic acids is 1. The third-order valence-electron chi connectivity index (χ3n) is 5.52. The summed E-state index contributed by atoms with van der Waals surface area (Å²) in [6.07, 6.45) is 3.75. The van der Waals surface area contributed by atoms with Gasteiger partial charge in [-0.25, -0.2) is 4.39 Å². The molecular weight excluding hydrogens is 297 g/mol. The van der Waals surface area contributed by atoms with Crippen LogP contribution in [0.2, 0.25) is 0 Å². The summed E-state index contributed by atoms with van der Waals surface area (Å²) in [6.45, 7) is 2.38. The van der Waals surface area contributed by atoms with Crippen LogP contribution >= 0.6 is 0 Å². The number of hydrogen-bond acceptors (Lipinski definition) is 2. The molecule has 4 nitrogen and oxygen atoms in total. The summed E-state index contributed by atoms with van der Waals surface area (Å²) >= 11 is 0. The van der Waals surface area contributed by atoms with Crippen LogP contribution in [-0.2, 0) is 15.0 Å². The van der Waals surface area contributed by atoms with Crippen LogP contribution in [0.1, 0.15) is 44.6 Å². The van der Waals surface area contributed by atoms with Crippen molar-refractivity contribution in [1.29, 1.82) is 0 Å². The molecule has 1 aromatic carbocycles. The molecule has 2 fully saturated rings. The highest BCUT2D eigenvalue weighted by atomic mass is 19.1. The van der Waals surface area contributed by atoms with E-state index >= 15 is 0 Å². The second kappa shape index (κ2) is 5.62. The lowest BCUT2D eigenvalue weighted by Crippen LogP contribution is -2.45. The molecule has 1 N–H and O–H groups in total. The molecule has 1 saturated carbocycles. The summed E-state index contributed by atoms with van der Waals surface area (Å²) in [5, 5.41) is 9.37. The molecular formula is C18H22FNO3. The Morgan fingerprint density at radius 1 is 1.22 bits per heavy atom. The fourth-order valence-corrected chi connectivity index (χ4v) is 4.00. The maximum atomic E-state index is 13.7. The van der Waals surface area contributed by atoms with Crippen molar-refractivity contribution < 1.29 is 19.1 Å². The van der Waals surface area contributed by atoms with E-state index in [2.05, 4.69) is 0 Å². The Bertz CT molecular complexity index is 639. The first-order valence-corrected chi connectivity index (χ1v) is 8.16. The fourth-order valence-electron chi connectivity index (χ4n) is 4.00. The molecule has 0 spiro atoms. The molecule has 0 bridgehead atoms. The molecule has 0 radical (unpaired) electrons. The van der Waals surface area contributed by atoms with Gasteiger partial charge in [-0.05, 0) is 43.9 Å². The SMILES string of the molecule is CC1(C(=O)O)CCN(C(=O)C2(c3cccc(F)c3)CCCC2)C1. The summed E-state index contributed by atoms with van der Waals surface area (Å²) in [7, 11) is 0. The van der Waals surface area contributed by atoms with Crippen LogP contribution in [0.25, 0.3) is 0 Å². The summed E-state index contributed by atoms with van der Waals surface area (Å²) in [4.78, 5) is 26.3. The topological polar surface area (TPSA) is 57.6 Å². The lowest BCUT2D eigenvalue weighted by atomic mass is 9.77. The number of carboxylic acid groups (broad SMARTS) is 1. The van der Waals surface area contributed by atoms with E-state index < -0.39 is 16.8 Å². The van der Waals surface area contributed by atoms with Crippen LogP contribution in [0.15, 0.2) is 24.3 Å². The van der Waals surface area contributed by atoms with Crippen LogP contribution in [0.4, 0.5) is 4.39 Å². The molecule has 1 unspecified atom stereocenters. The molecule has 5 heteroatoms. The van der Waals surface area contributed by atoms with Gasteiger partial charge in [-0.15, -0.1) is 0 Å². The van der Waals surface area contributed by atoms with Crippen molar-refractivity contribution in [3.8, 4) is 0 Å². The molecule has 2 aliphatic rings. The average Bonchev–Trinajstić information content (AvgIpc) is 3.15. The van der Waals surface area contributed by atoms with E-state index in [0.717, 1.165) is 18.4 Å². The second-order valence-electron chi connectivity index (χ2n) is 7.14. The number of hydrogen-bond donors (Lipinski definition) is 1. The number of amides is 1. The lowest BCUT2D eigenvalue weighted by Gasteiger charge is -2.33. The van der Waals surface area contributed by atoms with Crippen LogP contribution in [0.5, 0.6) is 0 Å². The number of halogens is 1. The maximum Gasteiger partial charge on any atom is 0.311 e. The van der Waals surface area contributed by atoms with E-state index in [1.807, 2.05) is 6.07 Å². The molecule has 0 aromatic heterocycles. The first kappa shape index (κ1) is 16.0. The zero-order valence-corrected chi connectivity index (χ0v) is 13.3. The first-order chi connectivity index (χ1) is 10.9. The van der Waals surface area contributed by atoms with Gasteiger partial charge in [0.2, 0.25) is 5.91 Å². The first-order valence-electron chi connectivity index (χ1n) is 8.16. The largest absolute Gasteiger partial charge is 0.481 e. The monoisotopic (exact) mass is 319 g/mol. The summed E-state index contributed by atoms with van der Waals surface area (Å²) in [5.74, 6) is -1.23. The van der Waals surface area contributed by atoms with Crippen LogP contribution in [-0.4, -0.2) is 35.0 Å². The van der Waals surface area contributed by atoms with E-state index in [1.165, 1.54) is 12.1 Å². The standard InChI is InChI=1S/C18H22FNO3/c1-17(16(22)23)9-10-20(12-17)15(21)18(7-2-3-8-18)13-5-4-6-14(19)11-13/h4-6,11H,2-3,7-10,12H2,1H3,(H,22,23). The van der Waals surface area contributed by atoms with E-state index in [9.17, 15) is 19.1 Å². The Kier molecular flexibility index (Phi) is 3.90. The summed E-state index contributed by atoms with van der Waals surface area (Å²) in [5.41, 5.74) is -0.840. The van der Waals surface area contributed by atoms with Crippen LogP contribution in [0.3, 0.4) is 0 Å². The number of carbonyl (C=O) groups is 2. The Morgan fingerprint density at radius 2 is 1.91 bits per heavy atom. The third-order valence-corrected chi connectivity index (χ3v) is 5.52. The van der Waals surface area contributed by atoms with Crippen LogP contribution in [0, 0.1) is 11.2 Å². The third kappa shape index (κ3) is 2.62. The fraction of sp³-hybridized carbons (Fsp3) is 0.556. The van der Waals surface area contributed by atoms with Gasteiger partial charge in [0.1, 0.15) is 5.82 Å². The van der Waals surface area contributed by atoms with Gasteiger partial charge in [0.25, 0.3) is 0 Å². The smallest absolute Gasteiger partial charge is 0.311 e. The number of rotatable bonds is 3. The minimum Gasteiger partial charge on any atom is -0.481 e. The quantitative estimate of drug-likeness (QED) is 0.932. The van der Waals surface area contributed by atoms with Crippen molar-refractivity contribution in [1.82, 2.24) is 4.90 Å². The van der Waals surface area contributed by atoms with Crippen molar-refractivity contribution >= 4 is 11.9 Å². The molecule has 1 saturated heterocycles. The number of benzene rings is 1. The van der Waals surface area contributed by atoms with Gasteiger partial charge < -0.3 is 10.0 Å². The Morgan fingerprint density at radius 3 is 2.48 bits per heavy atom. The molecule has 124 valence electrons. The lowest BCUT2D eigenvalue weighted by molar-refractivity contribution is -0.147. The van der Waals surface area contributed by atoms with Gasteiger partial charge in [-0.3, -0.25) is 9.59 Å². The highest BCUT2D eigenvalue weighted by Gasteiger charge is 2.49. The molecule has 1 heterocycles. The zero-order chi connectivity index (χ0) is 16.7. The van der Waals surface area contributed by atoms with Crippen molar-refractivity contribution in [3.63, 3.8) is 0 Å². The molecule has 1 amide bonds. The molecule has 1 aliphatic heterocycles. The molecule has 3 rings (SSSR count). The minimum absolute atomic E-state index is 0.0365. The van der Waals surface area contributed by atoms with Gasteiger partial charge in [0.05, 0.1) is 10.8 Å². The van der Waals surface area contributed by atoms with Crippen LogP contribution < -0.4 is 0 Å². The van der Waals surface area contributed by atoms with Crippen molar-refractivity contribution in [2.45, 2.75) is 44.4 Å². The van der Waals surface area contributed by atoms with E-state index in [-0.39, 0.29) is 18.3 Å². The predicted molar refractivity (Wildman–Crippen MR) is 83.5 cm³/mol. The molecule has 1 aliphatic carbocycles. The Balaban J connectivity index is 1.91. The highest BCUT2D eigenvalue weighted by Crippen LogP contribution is 2.44. The van der Waals surface area contributed by atoms with Gasteiger partial charge >= 0.3 is 5.97 Å². The highest BCUT2D eigenvalue weighted by molar-refractivity contribution is 5.90. The van der Waals surface area contributed by atoms with Crippen molar-refractivity contribution in [2.24, 2.45) is 5.41 Å². The van der Waals surface area contributed by atoms with E-state index in [4.69, 9.17) is 0 Å². The number of aliphatic carboxylic acids is 1. The second-order valence-corrected chi connectivity index (χ2v) is 7.14. The number of likely N-dealkylation sites (tertiary alicyclic amines) is 1. The molecule has 23 heavy (non-hydrogen) atoms. The van der Waals surface area contributed by atoms with Gasteiger partial charge in [-0.2, -0.15) is 0 Å². The molecule has 1 atom stereocenters. The number of nitrogens with zero attached hydrogens (tertiary/aromatic N) is 1. The van der Waals surface area contributed by atoms with Crippen molar-refractivity contribution in [2.75, 3.05) is 13.1 Å². The minimum atomic E-state index is -0.878. The number of carboxylic acids is 1. The van der Waals surface area contributed by atoms with Gasteiger partial charge in [0, 0.05) is 13.1 Å². The van der Waals surface area contributed by atoms with E-state index in [1.54, 1.807) is 17.9 Å². The molecule has 1 aromatic rings. The maximum absolute atomic E-state index is 13.7. The van der Waals surface area contributed by atoms with E-state index in [0.29, 0.717) is 25.8 Å². The van der Waals surface area contributed by atoms with Gasteiger partial charge in [-0.1, -0.05) is 25.0 Å². The summed E-state index contributed by atoms with van der Waals surface area (Å²) in [6, 6.07) is 6.30. The normalized spacial score (nSPS) is 26.4. The Labute approximate surface area is 135 Å². The summed E-state index contributed by atoms with van der Waals surface area (Å²) < 4.78 is 13.7. The van der Waals surface area contributed by atoms with Gasteiger partial charge in [0.15, 0.2) is 0 Å². The zero-order valence-electron chi connectivity index (χ0n) is 13.3. The van der Waals surface area contributed by atoms with Crippen molar-refractivity contribution in [3.05, 3.63) is 35.6 Å². The Hall–Kier alpha value is -1.91. The predicted octanol–water partition coefficient (Wildman–Crippen LogP) is 2.96.